The van der Waals surface area contributed by atoms with Crippen LogP contribution in [0.4, 0.5) is 17.1 Å². The highest BCUT2D eigenvalue weighted by molar-refractivity contribution is 7.99. The molecule has 2 aliphatic heterocycles. The predicted octanol–water partition coefficient (Wildman–Crippen LogP) is 11.8. The normalized spacial score (nSPS) is 15.7. The van der Waals surface area contributed by atoms with Crippen LogP contribution in [0.2, 0.25) is 0 Å². The number of hydrogen-bond acceptors (Lipinski definition) is 6. The lowest BCUT2D eigenvalue weighted by atomic mass is 9.65. The Bertz CT molecular complexity index is 3120. The fourth-order valence-corrected chi connectivity index (χ4v) is 10.3. The molecule has 3 aromatic heterocycles. The van der Waals surface area contributed by atoms with Crippen molar-refractivity contribution in [1.29, 1.82) is 5.26 Å². The Morgan fingerprint density at radius 1 is 0.582 bits per heavy atom. The van der Waals surface area contributed by atoms with Gasteiger partial charge in [-0.2, -0.15) is 5.26 Å². The molecule has 0 radical (unpaired) electrons. The minimum absolute atomic E-state index is 0.627. The lowest BCUT2D eigenvalue weighted by Crippen LogP contribution is -2.34. The van der Waals surface area contributed by atoms with E-state index in [-0.39, 0.29) is 0 Å². The maximum absolute atomic E-state index is 9.90. The van der Waals surface area contributed by atoms with Gasteiger partial charge >= 0.3 is 0 Å². The fourth-order valence-electron chi connectivity index (χ4n) is 9.22. The molecule has 55 heavy (non-hydrogen) atoms. The first kappa shape index (κ1) is 30.3. The van der Waals surface area contributed by atoms with Gasteiger partial charge in [-0.3, -0.25) is 9.97 Å². The van der Waals surface area contributed by atoms with Crippen LogP contribution in [-0.2, 0) is 5.41 Å². The molecule has 6 nitrogen and oxygen atoms in total. The average Bonchev–Trinajstić information content (AvgIpc) is 3.72. The van der Waals surface area contributed by atoms with Crippen LogP contribution in [0.3, 0.4) is 0 Å². The number of nitrogens with zero attached hydrogens (tertiary/aromatic N) is 5. The zero-order valence-corrected chi connectivity index (χ0v) is 30.0. The van der Waals surface area contributed by atoms with E-state index in [9.17, 15) is 5.26 Å². The number of aromatic nitrogens is 3. The first-order valence-electron chi connectivity index (χ1n) is 18.2. The summed E-state index contributed by atoms with van der Waals surface area (Å²) in [6.07, 6.45) is 3.86. The Balaban J connectivity index is 1.22. The molecule has 7 heteroatoms. The predicted molar refractivity (Wildman–Crippen MR) is 217 cm³/mol. The summed E-state index contributed by atoms with van der Waals surface area (Å²) in [5.41, 5.74) is 11.9. The van der Waals surface area contributed by atoms with Crippen LogP contribution in [0.25, 0.3) is 38.9 Å². The zero-order chi connectivity index (χ0) is 36.3. The molecular formula is C48H27N5OS. The summed E-state index contributed by atoms with van der Waals surface area (Å²) in [7, 11) is 0. The van der Waals surface area contributed by atoms with E-state index in [0.29, 0.717) is 5.56 Å². The highest BCUT2D eigenvalue weighted by Crippen LogP contribution is 2.63. The van der Waals surface area contributed by atoms with Gasteiger partial charge in [0.25, 0.3) is 0 Å². The van der Waals surface area contributed by atoms with Crippen molar-refractivity contribution < 1.29 is 4.74 Å². The minimum atomic E-state index is -0.851. The third-order valence-corrected chi connectivity index (χ3v) is 12.5. The maximum atomic E-state index is 9.90. The number of benzene rings is 6. The Labute approximate surface area is 320 Å². The Hall–Kier alpha value is -7.14. The van der Waals surface area contributed by atoms with E-state index in [0.717, 1.165) is 89.7 Å². The second-order valence-electron chi connectivity index (χ2n) is 14.1. The molecule has 1 aliphatic carbocycles. The van der Waals surface area contributed by atoms with Crippen LogP contribution in [0.5, 0.6) is 11.5 Å². The summed E-state index contributed by atoms with van der Waals surface area (Å²) < 4.78 is 9.26. The van der Waals surface area contributed by atoms with Crippen molar-refractivity contribution in [2.75, 3.05) is 4.90 Å². The highest BCUT2D eigenvalue weighted by atomic mass is 32.2. The molecule has 0 saturated carbocycles. The van der Waals surface area contributed by atoms with Crippen molar-refractivity contribution in [3.63, 3.8) is 0 Å². The van der Waals surface area contributed by atoms with Gasteiger partial charge in [0.05, 0.1) is 68.4 Å². The van der Waals surface area contributed by atoms with Crippen LogP contribution in [-0.4, -0.2) is 14.5 Å². The first-order chi connectivity index (χ1) is 27.2. The molecule has 5 heterocycles. The molecule has 0 fully saturated rings. The topological polar surface area (TPSA) is 67.0 Å². The number of hydrogen-bond donors (Lipinski definition) is 0. The van der Waals surface area contributed by atoms with Crippen molar-refractivity contribution >= 4 is 50.6 Å². The van der Waals surface area contributed by atoms with E-state index in [4.69, 9.17) is 14.7 Å². The van der Waals surface area contributed by atoms with Gasteiger partial charge in [-0.1, -0.05) is 84.6 Å². The van der Waals surface area contributed by atoms with E-state index in [2.05, 4.69) is 143 Å². The third-order valence-electron chi connectivity index (χ3n) is 11.3. The van der Waals surface area contributed by atoms with Gasteiger partial charge in [0.1, 0.15) is 11.5 Å². The third kappa shape index (κ3) is 3.98. The molecule has 256 valence electrons. The average molecular weight is 722 g/mol. The number of para-hydroxylation sites is 4. The number of nitriles is 1. The van der Waals surface area contributed by atoms with E-state index in [1.807, 2.05) is 36.7 Å². The number of anilines is 3. The van der Waals surface area contributed by atoms with Gasteiger partial charge in [-0.15, -0.1) is 0 Å². The van der Waals surface area contributed by atoms with E-state index >= 15 is 0 Å². The van der Waals surface area contributed by atoms with E-state index in [1.165, 1.54) is 9.79 Å². The lowest BCUT2D eigenvalue weighted by molar-refractivity contribution is 0.435. The molecule has 12 rings (SSSR count). The van der Waals surface area contributed by atoms with E-state index in [1.54, 1.807) is 11.8 Å². The molecule has 9 aromatic rings. The molecule has 1 unspecified atom stereocenters. The van der Waals surface area contributed by atoms with Gasteiger partial charge in [-0.05, 0) is 84.4 Å². The summed E-state index contributed by atoms with van der Waals surface area (Å²) in [5.74, 6) is 1.57. The van der Waals surface area contributed by atoms with Gasteiger partial charge < -0.3 is 14.2 Å². The molecule has 0 N–H and O–H groups in total. The lowest BCUT2D eigenvalue weighted by Gasteiger charge is -2.41. The quantitative estimate of drug-likeness (QED) is 0.177. The van der Waals surface area contributed by atoms with Gasteiger partial charge in [0.15, 0.2) is 0 Å². The van der Waals surface area contributed by atoms with E-state index < -0.39 is 5.41 Å². The van der Waals surface area contributed by atoms with Gasteiger partial charge in [-0.25, -0.2) is 0 Å². The number of ether oxygens (including phenoxy) is 1. The molecule has 0 amide bonds. The summed E-state index contributed by atoms with van der Waals surface area (Å²) in [5, 5.41) is 12.0. The van der Waals surface area contributed by atoms with Crippen LogP contribution < -0.4 is 9.64 Å². The molecule has 0 bridgehead atoms. The van der Waals surface area contributed by atoms with Crippen molar-refractivity contribution in [2.24, 2.45) is 0 Å². The summed E-state index contributed by atoms with van der Waals surface area (Å²) in [6, 6.07) is 55.2. The Morgan fingerprint density at radius 2 is 1.27 bits per heavy atom. The summed E-state index contributed by atoms with van der Waals surface area (Å²) in [4.78, 5) is 15.1. The monoisotopic (exact) mass is 721 g/mol. The van der Waals surface area contributed by atoms with Crippen molar-refractivity contribution in [3.8, 4) is 34.6 Å². The maximum Gasteiger partial charge on any atom is 0.134 e. The largest absolute Gasteiger partial charge is 0.457 e. The number of fused-ring (bicyclic) bond motifs is 14. The van der Waals surface area contributed by atoms with Crippen molar-refractivity contribution in [1.82, 2.24) is 14.5 Å². The smallest absolute Gasteiger partial charge is 0.134 e. The molecule has 3 aliphatic rings. The molecule has 1 atom stereocenters. The van der Waals surface area contributed by atoms with Crippen LogP contribution in [0.15, 0.2) is 174 Å². The molecule has 1 spiro atoms. The van der Waals surface area contributed by atoms with Crippen LogP contribution >= 0.6 is 11.8 Å². The summed E-state index contributed by atoms with van der Waals surface area (Å²) in [6.45, 7) is 0. The molecule has 0 saturated heterocycles. The number of pyridine rings is 2. The molecular weight excluding hydrogens is 695 g/mol. The SMILES string of the molecule is N#Cc1ccc2c(c1)c1ccccc1n2-c1cccc2c1C1(c3ccccc3O2)c2cccnc2-c2ncc(N3c4ccccc4Sc4ccccc43)cc21. The second kappa shape index (κ2) is 11.2. The second-order valence-corrected chi connectivity index (χ2v) is 15.1. The van der Waals surface area contributed by atoms with Crippen molar-refractivity contribution in [3.05, 3.63) is 192 Å². The fraction of sp³-hybridized carbons (Fsp3) is 0.0208. The number of rotatable bonds is 2. The zero-order valence-electron chi connectivity index (χ0n) is 29.1. The minimum Gasteiger partial charge on any atom is -0.457 e. The first-order valence-corrected chi connectivity index (χ1v) is 19.0. The highest BCUT2D eigenvalue weighted by Gasteiger charge is 2.54. The Morgan fingerprint density at radius 3 is 2.13 bits per heavy atom. The van der Waals surface area contributed by atoms with Crippen LogP contribution in [0, 0.1) is 11.3 Å². The Kier molecular flexibility index (Phi) is 6.17. The van der Waals surface area contributed by atoms with Gasteiger partial charge in [0.2, 0.25) is 0 Å². The standard InChI is InChI=1S/C48H27N5OS/c49-27-29-22-23-37-32(25-29)31-11-1-3-14-36(31)53(37)40-17-9-19-42-45(40)48(33-12-2-6-18-41(33)54-42)34-13-10-24-50-46(34)47-35(48)26-30(28-51-47)52-38-15-4-7-20-43(38)55-44-21-8-5-16-39(44)52/h1-26,28H. The summed E-state index contributed by atoms with van der Waals surface area (Å²) >= 11 is 1.79. The van der Waals surface area contributed by atoms with Crippen molar-refractivity contribution in [2.45, 2.75) is 15.2 Å². The van der Waals surface area contributed by atoms with Crippen LogP contribution in [0.1, 0.15) is 27.8 Å². The van der Waals surface area contributed by atoms with Gasteiger partial charge in [0, 0.05) is 43.5 Å². The molecule has 6 aromatic carbocycles.